The van der Waals surface area contributed by atoms with E-state index in [1.807, 2.05) is 0 Å². The number of quaternary nitrogens is 1. The smallest absolute Gasteiger partial charge is 0.119 e. The minimum atomic E-state index is 0.255. The second-order valence-corrected chi connectivity index (χ2v) is 3.77. The first-order chi connectivity index (χ1) is 6.18. The number of likely N-dealkylation sites (N-methyl/N-ethyl adjacent to an activating group) is 1. The monoisotopic (exact) mass is 189 g/mol. The minimum Gasteiger partial charge on any atom is -0.390 e. The van der Waals surface area contributed by atoms with E-state index in [1.54, 1.807) is 0 Å². The molecule has 0 radical (unpaired) electrons. The predicted molar refractivity (Wildman–Crippen MR) is 56.2 cm³/mol. The zero-order chi connectivity index (χ0) is 10.2. The molecule has 0 amide bonds. The van der Waals surface area contributed by atoms with Gasteiger partial charge in [0.2, 0.25) is 0 Å². The van der Waals surface area contributed by atoms with Gasteiger partial charge in [0.05, 0.1) is 20.2 Å². The maximum atomic E-state index is 8.88. The molecule has 0 heterocycles. The topological polar surface area (TPSA) is 32.3 Å². The van der Waals surface area contributed by atoms with Crippen LogP contribution in [0.5, 0.6) is 0 Å². The SMILES string of the molecule is CCCCCN[N+](C)(CC)CCO. The molecule has 0 aliphatic heterocycles. The summed E-state index contributed by atoms with van der Waals surface area (Å²) < 4.78 is 0.778. The van der Waals surface area contributed by atoms with Crippen molar-refractivity contribution < 1.29 is 9.70 Å². The molecule has 0 aliphatic carbocycles. The van der Waals surface area contributed by atoms with Crippen LogP contribution in [0, 0.1) is 0 Å². The Morgan fingerprint density at radius 1 is 1.23 bits per heavy atom. The number of unbranched alkanes of at least 4 members (excludes halogenated alkanes) is 2. The lowest BCUT2D eigenvalue weighted by molar-refractivity contribution is -0.950. The summed E-state index contributed by atoms with van der Waals surface area (Å²) in [4.78, 5) is 0. The third kappa shape index (κ3) is 6.02. The lowest BCUT2D eigenvalue weighted by atomic mass is 10.2. The summed E-state index contributed by atoms with van der Waals surface area (Å²) in [6, 6.07) is 0. The highest BCUT2D eigenvalue weighted by atomic mass is 16.3. The standard InChI is InChI=1S/C10H25N2O/c1-4-6-7-8-11-12(3,5-2)9-10-13/h11,13H,4-10H2,1-3H3/q+1. The van der Waals surface area contributed by atoms with Crippen molar-refractivity contribution >= 4 is 0 Å². The van der Waals surface area contributed by atoms with Gasteiger partial charge >= 0.3 is 0 Å². The quantitative estimate of drug-likeness (QED) is 0.341. The summed E-state index contributed by atoms with van der Waals surface area (Å²) in [5.41, 5.74) is 3.46. The van der Waals surface area contributed by atoms with Gasteiger partial charge in [-0.3, -0.25) is 0 Å². The number of nitrogens with zero attached hydrogens (tertiary/aromatic N) is 1. The van der Waals surface area contributed by atoms with Crippen LogP contribution in [-0.2, 0) is 0 Å². The first kappa shape index (κ1) is 12.9. The van der Waals surface area contributed by atoms with Crippen molar-refractivity contribution in [3.63, 3.8) is 0 Å². The van der Waals surface area contributed by atoms with E-state index in [0.717, 1.165) is 24.2 Å². The van der Waals surface area contributed by atoms with E-state index in [-0.39, 0.29) is 6.61 Å². The number of hydrogen-bond donors (Lipinski definition) is 2. The van der Waals surface area contributed by atoms with Crippen LogP contribution >= 0.6 is 0 Å². The van der Waals surface area contributed by atoms with Crippen LogP contribution in [0.1, 0.15) is 33.1 Å². The van der Waals surface area contributed by atoms with Crippen LogP contribution in [0.3, 0.4) is 0 Å². The number of rotatable bonds is 8. The van der Waals surface area contributed by atoms with Crippen molar-refractivity contribution in [2.24, 2.45) is 0 Å². The summed E-state index contributed by atoms with van der Waals surface area (Å²) in [7, 11) is 2.13. The summed E-state index contributed by atoms with van der Waals surface area (Å²) in [5.74, 6) is 0. The minimum absolute atomic E-state index is 0.255. The highest BCUT2D eigenvalue weighted by Gasteiger charge is 2.16. The molecule has 0 fully saturated rings. The van der Waals surface area contributed by atoms with E-state index in [0.29, 0.717) is 0 Å². The molecule has 3 heteroatoms. The molecule has 3 nitrogen and oxygen atoms in total. The molecular formula is C10H25N2O+. The van der Waals surface area contributed by atoms with Crippen LogP contribution in [0.15, 0.2) is 0 Å². The average molecular weight is 189 g/mol. The van der Waals surface area contributed by atoms with Gasteiger partial charge in [-0.15, -0.1) is 0 Å². The Morgan fingerprint density at radius 2 is 1.92 bits per heavy atom. The number of aliphatic hydroxyl groups excluding tert-OH is 1. The molecule has 0 spiro atoms. The first-order valence-electron chi connectivity index (χ1n) is 5.39. The molecule has 1 atom stereocenters. The Labute approximate surface area is 82.3 Å². The lowest BCUT2D eigenvalue weighted by Gasteiger charge is -2.32. The van der Waals surface area contributed by atoms with Crippen LogP contribution in [0.4, 0.5) is 0 Å². The zero-order valence-corrected chi connectivity index (χ0v) is 9.34. The van der Waals surface area contributed by atoms with Gasteiger partial charge in [0.25, 0.3) is 0 Å². The Morgan fingerprint density at radius 3 is 2.38 bits per heavy atom. The highest BCUT2D eigenvalue weighted by molar-refractivity contribution is 4.39. The fourth-order valence-corrected chi connectivity index (χ4v) is 1.29. The summed E-state index contributed by atoms with van der Waals surface area (Å²) in [5, 5.41) is 8.88. The van der Waals surface area contributed by atoms with E-state index in [2.05, 4.69) is 26.3 Å². The molecule has 0 bridgehead atoms. The van der Waals surface area contributed by atoms with Crippen LogP contribution in [0.2, 0.25) is 0 Å². The maximum Gasteiger partial charge on any atom is 0.119 e. The molecule has 0 saturated carbocycles. The predicted octanol–water partition coefficient (Wildman–Crippen LogP) is 1.14. The van der Waals surface area contributed by atoms with Crippen molar-refractivity contribution in [1.29, 1.82) is 0 Å². The third-order valence-corrected chi connectivity index (χ3v) is 2.57. The van der Waals surface area contributed by atoms with Crippen LogP contribution in [-0.4, -0.2) is 43.0 Å². The number of nitrogens with one attached hydrogen (secondary N) is 1. The first-order valence-corrected chi connectivity index (χ1v) is 5.39. The summed E-state index contributed by atoms with van der Waals surface area (Å²) in [6.07, 6.45) is 3.78. The van der Waals surface area contributed by atoms with Gasteiger partial charge in [-0.05, 0) is 13.3 Å². The van der Waals surface area contributed by atoms with Gasteiger partial charge in [0.15, 0.2) is 0 Å². The van der Waals surface area contributed by atoms with Crippen molar-refractivity contribution in [2.45, 2.75) is 33.1 Å². The average Bonchev–Trinajstić information content (AvgIpc) is 2.13. The lowest BCUT2D eigenvalue weighted by Crippen LogP contribution is -2.56. The highest BCUT2D eigenvalue weighted by Crippen LogP contribution is 1.97. The third-order valence-electron chi connectivity index (χ3n) is 2.57. The molecule has 0 aromatic rings. The number of hydrogen-bond acceptors (Lipinski definition) is 2. The van der Waals surface area contributed by atoms with E-state index < -0.39 is 0 Å². The van der Waals surface area contributed by atoms with E-state index in [4.69, 9.17) is 5.11 Å². The largest absolute Gasteiger partial charge is 0.390 e. The molecular weight excluding hydrogens is 164 g/mol. The fourth-order valence-electron chi connectivity index (χ4n) is 1.29. The molecule has 1 unspecified atom stereocenters. The van der Waals surface area contributed by atoms with Crippen molar-refractivity contribution in [1.82, 2.24) is 5.43 Å². The molecule has 0 aliphatic rings. The van der Waals surface area contributed by atoms with E-state index in [9.17, 15) is 0 Å². The van der Waals surface area contributed by atoms with Gasteiger partial charge in [0.1, 0.15) is 6.54 Å². The van der Waals surface area contributed by atoms with Gasteiger partial charge in [0, 0.05) is 6.54 Å². The molecule has 0 rings (SSSR count). The van der Waals surface area contributed by atoms with Crippen molar-refractivity contribution in [3.8, 4) is 0 Å². The molecule has 0 saturated heterocycles. The molecule has 0 aromatic heterocycles. The van der Waals surface area contributed by atoms with Crippen molar-refractivity contribution in [3.05, 3.63) is 0 Å². The van der Waals surface area contributed by atoms with Gasteiger partial charge in [-0.2, -0.15) is 5.43 Å². The Kier molecular flexibility index (Phi) is 7.23. The second-order valence-electron chi connectivity index (χ2n) is 3.77. The molecule has 2 N–H and O–H groups in total. The van der Waals surface area contributed by atoms with Crippen LogP contribution in [0.25, 0.3) is 0 Å². The van der Waals surface area contributed by atoms with E-state index >= 15 is 0 Å². The molecule has 0 aromatic carbocycles. The van der Waals surface area contributed by atoms with Gasteiger partial charge in [-0.1, -0.05) is 19.8 Å². The van der Waals surface area contributed by atoms with Crippen LogP contribution < -0.4 is 5.43 Å². The Bertz CT molecular complexity index is 119. The fraction of sp³-hybridized carbons (Fsp3) is 1.00. The normalized spacial score (nSPS) is 15.7. The Balaban J connectivity index is 3.57. The summed E-state index contributed by atoms with van der Waals surface area (Å²) in [6.45, 7) is 7.47. The summed E-state index contributed by atoms with van der Waals surface area (Å²) >= 11 is 0. The molecule has 13 heavy (non-hydrogen) atoms. The van der Waals surface area contributed by atoms with E-state index in [1.165, 1.54) is 19.3 Å². The molecule has 80 valence electrons. The van der Waals surface area contributed by atoms with Crippen molar-refractivity contribution in [2.75, 3.05) is 33.3 Å². The van der Waals surface area contributed by atoms with Gasteiger partial charge < -0.3 is 5.11 Å². The zero-order valence-electron chi connectivity index (χ0n) is 9.34. The second kappa shape index (κ2) is 7.30. The number of aliphatic hydroxyl groups is 1. The van der Waals surface area contributed by atoms with Gasteiger partial charge in [-0.25, -0.2) is 4.59 Å². The maximum absolute atomic E-state index is 8.88. The Hall–Kier alpha value is -0.120.